The van der Waals surface area contributed by atoms with Gasteiger partial charge in [-0.1, -0.05) is 30.7 Å². The predicted octanol–water partition coefficient (Wildman–Crippen LogP) is 4.65. The predicted molar refractivity (Wildman–Crippen MR) is 81.0 cm³/mol. The molecule has 0 amide bonds. The van der Waals surface area contributed by atoms with Gasteiger partial charge in [0.25, 0.3) is 0 Å². The van der Waals surface area contributed by atoms with E-state index in [9.17, 15) is 10.2 Å². The molecule has 0 aliphatic rings. The fourth-order valence-electron chi connectivity index (χ4n) is 2.50. The molecule has 0 fully saturated rings. The van der Waals surface area contributed by atoms with Gasteiger partial charge >= 0.3 is 0 Å². The van der Waals surface area contributed by atoms with Crippen molar-refractivity contribution < 1.29 is 10.2 Å². The number of aromatic hydroxyl groups is 2. The average molecular weight is 260 g/mol. The second-order valence-corrected chi connectivity index (χ2v) is 5.19. The first kappa shape index (κ1) is 15.4. The molecule has 2 heteroatoms. The van der Waals surface area contributed by atoms with Crippen molar-refractivity contribution in [2.24, 2.45) is 0 Å². The van der Waals surface area contributed by atoms with E-state index in [-0.39, 0.29) is 11.7 Å². The Balaban J connectivity index is 3.40. The minimum atomic E-state index is 0.0569. The number of rotatable bonds is 3. The van der Waals surface area contributed by atoms with Crippen molar-refractivity contribution in [2.75, 3.05) is 0 Å². The van der Waals surface area contributed by atoms with Crippen LogP contribution in [-0.4, -0.2) is 10.2 Å². The topological polar surface area (TPSA) is 40.5 Å². The third-order valence-electron chi connectivity index (χ3n) is 3.69. The van der Waals surface area contributed by atoms with E-state index in [1.54, 1.807) is 0 Å². The molecule has 104 valence electrons. The summed E-state index contributed by atoms with van der Waals surface area (Å²) in [6.07, 6.45) is 6.11. The Labute approximate surface area is 116 Å². The summed E-state index contributed by atoms with van der Waals surface area (Å²) < 4.78 is 0. The lowest BCUT2D eigenvalue weighted by atomic mass is 9.89. The van der Waals surface area contributed by atoms with E-state index in [2.05, 4.69) is 6.08 Å². The molecule has 0 radical (unpaired) electrons. The van der Waals surface area contributed by atoms with E-state index in [0.29, 0.717) is 5.75 Å². The van der Waals surface area contributed by atoms with Crippen LogP contribution in [0.25, 0.3) is 0 Å². The maximum absolute atomic E-state index is 10.3. The van der Waals surface area contributed by atoms with Crippen LogP contribution in [0, 0.1) is 20.8 Å². The van der Waals surface area contributed by atoms with Crippen LogP contribution in [0.5, 0.6) is 11.5 Å². The Morgan fingerprint density at radius 3 is 2.05 bits per heavy atom. The molecule has 0 spiro atoms. The van der Waals surface area contributed by atoms with Gasteiger partial charge in [-0.2, -0.15) is 0 Å². The third kappa shape index (κ3) is 3.01. The third-order valence-corrected chi connectivity index (χ3v) is 3.69. The van der Waals surface area contributed by atoms with E-state index in [4.69, 9.17) is 0 Å². The van der Waals surface area contributed by atoms with Crippen LogP contribution in [0.2, 0.25) is 0 Å². The summed E-state index contributed by atoms with van der Waals surface area (Å²) in [4.78, 5) is 0. The second kappa shape index (κ2) is 5.96. The quantitative estimate of drug-likeness (QED) is 0.613. The van der Waals surface area contributed by atoms with Gasteiger partial charge in [0.05, 0.1) is 0 Å². The van der Waals surface area contributed by atoms with E-state index in [1.165, 1.54) is 0 Å². The monoisotopic (exact) mass is 260 g/mol. The molecule has 1 unspecified atom stereocenters. The highest BCUT2D eigenvalue weighted by Crippen LogP contribution is 2.40. The summed E-state index contributed by atoms with van der Waals surface area (Å²) in [7, 11) is 0. The van der Waals surface area contributed by atoms with E-state index >= 15 is 0 Å². The fraction of sp³-hybridized carbons (Fsp3) is 0.412. The molecule has 1 aromatic carbocycles. The fourth-order valence-corrected chi connectivity index (χ4v) is 2.50. The normalized spacial score (nSPS) is 14.1. The van der Waals surface area contributed by atoms with Gasteiger partial charge in [-0.05, 0) is 51.3 Å². The lowest BCUT2D eigenvalue weighted by Gasteiger charge is -2.19. The van der Waals surface area contributed by atoms with Gasteiger partial charge in [-0.3, -0.25) is 0 Å². The average Bonchev–Trinajstić information content (AvgIpc) is 2.34. The highest BCUT2D eigenvalue weighted by atomic mass is 16.3. The zero-order valence-electron chi connectivity index (χ0n) is 12.7. The van der Waals surface area contributed by atoms with Crippen molar-refractivity contribution >= 4 is 0 Å². The van der Waals surface area contributed by atoms with Crippen LogP contribution in [-0.2, 0) is 0 Å². The Morgan fingerprint density at radius 2 is 1.53 bits per heavy atom. The van der Waals surface area contributed by atoms with Crippen LogP contribution in [0.15, 0.2) is 23.8 Å². The molecule has 1 atom stereocenters. The number of hydrogen-bond donors (Lipinski definition) is 2. The molecule has 19 heavy (non-hydrogen) atoms. The Kier molecular flexibility index (Phi) is 4.82. The molecule has 0 heterocycles. The van der Waals surface area contributed by atoms with Crippen LogP contribution in [0.1, 0.15) is 48.9 Å². The zero-order valence-corrected chi connectivity index (χ0v) is 12.7. The van der Waals surface area contributed by atoms with E-state index in [0.717, 1.165) is 27.8 Å². The number of allylic oxidation sites excluding steroid dienone is 4. The van der Waals surface area contributed by atoms with E-state index in [1.807, 2.05) is 53.7 Å². The van der Waals surface area contributed by atoms with Gasteiger partial charge in [-0.25, -0.2) is 0 Å². The molecule has 0 aliphatic heterocycles. The molecule has 0 bridgehead atoms. The van der Waals surface area contributed by atoms with Crippen LogP contribution in [0.3, 0.4) is 0 Å². The van der Waals surface area contributed by atoms with Crippen molar-refractivity contribution in [2.45, 2.75) is 47.5 Å². The van der Waals surface area contributed by atoms with Crippen LogP contribution < -0.4 is 0 Å². The first-order valence-corrected chi connectivity index (χ1v) is 6.63. The number of hydrogen-bond acceptors (Lipinski definition) is 2. The van der Waals surface area contributed by atoms with Crippen molar-refractivity contribution in [1.82, 2.24) is 0 Å². The molecular formula is C17H24O2. The van der Waals surface area contributed by atoms with Gasteiger partial charge in [0.2, 0.25) is 0 Å². The standard InChI is InChI=1S/C17H24O2/c1-7-8-10(2)9-11(3)15-14(6)16(18)12(4)13(5)17(15)19/h7-9,11,18-19H,1-6H3/b8-7-,10-9+. The van der Waals surface area contributed by atoms with Crippen LogP contribution >= 0.6 is 0 Å². The van der Waals surface area contributed by atoms with Crippen molar-refractivity contribution in [3.05, 3.63) is 46.1 Å². The van der Waals surface area contributed by atoms with Gasteiger partial charge in [0.1, 0.15) is 11.5 Å². The summed E-state index contributed by atoms with van der Waals surface area (Å²) in [5, 5.41) is 20.5. The maximum atomic E-state index is 10.3. The Morgan fingerprint density at radius 1 is 1.00 bits per heavy atom. The molecule has 1 rings (SSSR count). The van der Waals surface area contributed by atoms with Crippen LogP contribution in [0.4, 0.5) is 0 Å². The summed E-state index contributed by atoms with van der Waals surface area (Å²) in [5.41, 5.74) is 4.22. The summed E-state index contributed by atoms with van der Waals surface area (Å²) >= 11 is 0. The zero-order chi connectivity index (χ0) is 14.7. The summed E-state index contributed by atoms with van der Waals surface area (Å²) in [6.45, 7) is 11.6. The first-order valence-electron chi connectivity index (χ1n) is 6.63. The van der Waals surface area contributed by atoms with Crippen molar-refractivity contribution in [3.8, 4) is 11.5 Å². The molecule has 0 aromatic heterocycles. The highest BCUT2D eigenvalue weighted by Gasteiger charge is 2.19. The molecule has 0 saturated carbocycles. The summed E-state index contributed by atoms with van der Waals surface area (Å²) in [5.74, 6) is 0.639. The van der Waals surface area contributed by atoms with Gasteiger partial charge in [0.15, 0.2) is 0 Å². The lowest BCUT2D eigenvalue weighted by Crippen LogP contribution is -1.99. The number of benzene rings is 1. The number of phenols is 2. The van der Waals surface area contributed by atoms with E-state index < -0.39 is 0 Å². The van der Waals surface area contributed by atoms with Gasteiger partial charge in [0, 0.05) is 11.5 Å². The molecular weight excluding hydrogens is 236 g/mol. The SMILES string of the molecule is C/C=C\C(C)=C\C(C)c1c(C)c(O)c(C)c(C)c1O. The maximum Gasteiger partial charge on any atom is 0.123 e. The molecule has 0 aliphatic carbocycles. The summed E-state index contributed by atoms with van der Waals surface area (Å²) in [6, 6.07) is 0. The van der Waals surface area contributed by atoms with Crippen molar-refractivity contribution in [1.29, 1.82) is 0 Å². The smallest absolute Gasteiger partial charge is 0.123 e. The minimum absolute atomic E-state index is 0.0569. The van der Waals surface area contributed by atoms with Gasteiger partial charge in [-0.15, -0.1) is 0 Å². The Hall–Kier alpha value is -1.70. The molecule has 0 saturated heterocycles. The lowest BCUT2D eigenvalue weighted by molar-refractivity contribution is 0.442. The molecule has 2 N–H and O–H groups in total. The molecule has 1 aromatic rings. The first-order chi connectivity index (χ1) is 8.81. The van der Waals surface area contributed by atoms with Crippen molar-refractivity contribution in [3.63, 3.8) is 0 Å². The molecule has 2 nitrogen and oxygen atoms in total. The Bertz CT molecular complexity index is 508. The number of phenolic OH excluding ortho intramolecular Hbond substituents is 2. The van der Waals surface area contributed by atoms with Gasteiger partial charge < -0.3 is 10.2 Å². The highest BCUT2D eigenvalue weighted by molar-refractivity contribution is 5.58. The second-order valence-electron chi connectivity index (χ2n) is 5.19. The largest absolute Gasteiger partial charge is 0.507 e. The minimum Gasteiger partial charge on any atom is -0.507 e.